The van der Waals surface area contributed by atoms with Crippen LogP contribution in [0.5, 0.6) is 0 Å². The van der Waals surface area contributed by atoms with Crippen molar-refractivity contribution in [1.82, 2.24) is 49.5 Å². The van der Waals surface area contributed by atoms with Gasteiger partial charge in [0.25, 0.3) is 17.7 Å². The molecule has 9 N–H and O–H groups in total. The zero-order chi connectivity index (χ0) is 93.2. The van der Waals surface area contributed by atoms with E-state index >= 15 is 0 Å². The van der Waals surface area contributed by atoms with Crippen molar-refractivity contribution in [3.8, 4) is 11.3 Å². The highest BCUT2D eigenvalue weighted by atomic mass is 16.6. The lowest BCUT2D eigenvalue weighted by Crippen LogP contribution is -2.58. The van der Waals surface area contributed by atoms with Crippen molar-refractivity contribution in [1.29, 1.82) is 0 Å². The first-order chi connectivity index (χ1) is 63.4. The summed E-state index contributed by atoms with van der Waals surface area (Å²) in [6.07, 6.45) is 15.9. The second-order valence-electron chi connectivity index (χ2n) is 34.9. The zero-order valence-corrected chi connectivity index (χ0v) is 77.1. The summed E-state index contributed by atoms with van der Waals surface area (Å²) in [5, 5.41) is 48.6. The number of ether oxygens (including phenoxy) is 13. The first-order valence-corrected chi connectivity index (χ1v) is 46.4. The van der Waals surface area contributed by atoms with Crippen LogP contribution >= 0.6 is 0 Å². The summed E-state index contributed by atoms with van der Waals surface area (Å²) in [5.74, 6) is -7.71. The van der Waals surface area contributed by atoms with E-state index in [-0.39, 0.29) is 80.2 Å². The number of nitrogens with two attached hydrogens (primary N) is 3. The zero-order valence-electron chi connectivity index (χ0n) is 77.1. The third-order valence-corrected chi connectivity index (χ3v) is 24.9. The number of carbonyl (C=O) groups is 6. The lowest BCUT2D eigenvalue weighted by atomic mass is 9.80. The van der Waals surface area contributed by atoms with Gasteiger partial charge in [0, 0.05) is 89.4 Å². The predicted molar refractivity (Wildman–Crippen MR) is 484 cm³/mol. The summed E-state index contributed by atoms with van der Waals surface area (Å²) in [6, 6.07) is 9.82. The summed E-state index contributed by atoms with van der Waals surface area (Å²) in [4.78, 5) is 100. The number of aliphatic hydroxyl groups excluding tert-OH is 2. The quantitative estimate of drug-likeness (QED) is 0.00919. The molecular weight excluding hydrogens is 1690 g/mol. The molecule has 36 nitrogen and oxygen atoms in total. The van der Waals surface area contributed by atoms with Crippen molar-refractivity contribution in [3.05, 3.63) is 119 Å². The van der Waals surface area contributed by atoms with Gasteiger partial charge in [-0.15, -0.1) is 5.10 Å². The van der Waals surface area contributed by atoms with E-state index in [4.69, 9.17) is 88.3 Å². The maximum Gasteiger partial charge on any atom is 0.329 e. The number of unbranched alkanes of at least 4 members (excludes halogenated alkanes) is 1. The van der Waals surface area contributed by atoms with Crippen molar-refractivity contribution in [3.63, 3.8) is 0 Å². The maximum atomic E-state index is 14.6. The monoisotopic (exact) mass is 1830 g/mol. The Kier molecular flexibility index (Phi) is 41.1. The van der Waals surface area contributed by atoms with E-state index in [1.54, 1.807) is 38.8 Å². The SMILES string of the molecule is CO[C@H]1C[C@@H]2CCC[C@@](O)(O2)C(=O)C(=O)N2CCCC[C@H]2C(=O)O[C@H]([C@H](N)C[C@@H]2CC[C@@H](OCCCCc3cn(CCOCCOCCOCCOCCOCCOCCOCCOCCC(=O)N4CCc5cc(Cn6nc(-c7ccc8oc(N)nc8c7)c7c(N)ncnc76)ccc5C4)nn3)[C@H](OC)C2)CC(=O)[C@H](C)/C=C(\C)[C@@H](O)[C@@H](O)C(=O)[C@H](C)C[C@H](C)/C=C/C=C/C=C/1C. The van der Waals surface area contributed by atoms with Crippen LogP contribution in [-0.4, -0.2) is 300 Å². The molecule has 2 bridgehead atoms. The molecule has 2 amide bonds. The number of Topliss-reactive ketones (excluding diaryl/α,β-unsaturated/α-hetero) is 3. The fraction of sp³-hybridized carbons (Fsp3) is 0.642. The number of oxazole rings is 1. The minimum absolute atomic E-state index is 0.0258. The molecule has 14 atom stereocenters. The Morgan fingerprint density at radius 2 is 1.41 bits per heavy atom. The number of allylic oxidation sites excluding steroid dienone is 6. The fourth-order valence-electron chi connectivity index (χ4n) is 17.5. The Bertz CT molecular complexity index is 4760. The number of anilines is 2. The number of nitrogens with zero attached hydrogens (tertiary/aromatic N) is 10. The maximum absolute atomic E-state index is 14.6. The second-order valence-corrected chi connectivity index (χ2v) is 34.9. The molecule has 3 fully saturated rings. The Labute approximate surface area is 766 Å². The van der Waals surface area contributed by atoms with Gasteiger partial charge < -0.3 is 108 Å². The number of aryl methyl sites for hydroxylation is 1. The molecule has 11 rings (SSSR count). The molecule has 4 aromatic heterocycles. The molecule has 36 heteroatoms. The molecule has 720 valence electrons. The number of piperidine rings is 1. The van der Waals surface area contributed by atoms with Crippen LogP contribution in [0.15, 0.2) is 101 Å². The average molecular weight is 1830 g/mol. The topological polar surface area (TPSA) is 468 Å². The molecule has 0 spiro atoms. The van der Waals surface area contributed by atoms with Crippen LogP contribution in [0.4, 0.5) is 11.8 Å². The van der Waals surface area contributed by atoms with Gasteiger partial charge in [0.2, 0.25) is 11.7 Å². The van der Waals surface area contributed by atoms with Crippen LogP contribution < -0.4 is 17.2 Å². The van der Waals surface area contributed by atoms with Gasteiger partial charge in [-0.3, -0.25) is 24.0 Å². The highest BCUT2D eigenvalue weighted by molar-refractivity contribution is 6.39. The summed E-state index contributed by atoms with van der Waals surface area (Å²) >= 11 is 0. The van der Waals surface area contributed by atoms with Gasteiger partial charge >= 0.3 is 5.97 Å². The Morgan fingerprint density at radius 3 is 2.11 bits per heavy atom. The number of aliphatic hydroxyl groups is 3. The summed E-state index contributed by atoms with van der Waals surface area (Å²) in [6.45, 7) is 18.0. The Balaban J connectivity index is 0.496. The molecule has 131 heavy (non-hydrogen) atoms. The highest BCUT2D eigenvalue weighted by Gasteiger charge is 2.50. The van der Waals surface area contributed by atoms with Crippen LogP contribution in [-0.2, 0) is 123 Å². The molecular formula is C95H137N13O23. The van der Waals surface area contributed by atoms with Gasteiger partial charge in [-0.05, 0) is 162 Å². The Morgan fingerprint density at radius 1 is 0.710 bits per heavy atom. The number of rotatable bonds is 41. The number of cyclic esters (lactones) is 1. The van der Waals surface area contributed by atoms with Crippen LogP contribution in [0.1, 0.15) is 160 Å². The van der Waals surface area contributed by atoms with E-state index in [0.29, 0.717) is 236 Å². The number of methoxy groups -OCH3 is 2. The smallest absolute Gasteiger partial charge is 0.329 e. The van der Waals surface area contributed by atoms with Crippen molar-refractivity contribution in [2.45, 2.75) is 230 Å². The van der Waals surface area contributed by atoms with Crippen LogP contribution in [0.25, 0.3) is 33.4 Å². The number of fused-ring (bicyclic) bond motifs is 6. The van der Waals surface area contributed by atoms with Gasteiger partial charge in [-0.25, -0.2) is 24.1 Å². The molecule has 8 heterocycles. The van der Waals surface area contributed by atoms with E-state index in [1.807, 2.05) is 72.1 Å². The number of benzene rings is 2. The van der Waals surface area contributed by atoms with Crippen LogP contribution in [0, 0.1) is 23.7 Å². The molecule has 2 aromatic carbocycles. The van der Waals surface area contributed by atoms with E-state index in [2.05, 4.69) is 43.5 Å². The molecule has 1 aliphatic carbocycles. The van der Waals surface area contributed by atoms with Gasteiger partial charge in [0.1, 0.15) is 53.5 Å². The van der Waals surface area contributed by atoms with E-state index < -0.39 is 89.5 Å². The molecule has 0 unspecified atom stereocenters. The molecule has 6 aromatic rings. The largest absolute Gasteiger partial charge is 0.459 e. The van der Waals surface area contributed by atoms with E-state index in [1.165, 1.54) is 24.9 Å². The van der Waals surface area contributed by atoms with Crippen molar-refractivity contribution in [2.24, 2.45) is 29.4 Å². The number of ketones is 3. The number of nitrogen functional groups attached to an aromatic ring is 2. The first-order valence-electron chi connectivity index (χ1n) is 46.4. The third-order valence-electron chi connectivity index (χ3n) is 24.9. The fourth-order valence-corrected chi connectivity index (χ4v) is 17.5. The van der Waals surface area contributed by atoms with E-state index in [9.17, 15) is 44.1 Å². The lowest BCUT2D eigenvalue weighted by molar-refractivity contribution is -0.245. The normalized spacial score (nSPS) is 26.1. The molecule has 4 aliphatic heterocycles. The number of amides is 2. The van der Waals surface area contributed by atoms with Crippen LogP contribution in [0.3, 0.4) is 0 Å². The lowest BCUT2D eigenvalue weighted by Gasteiger charge is -2.40. The van der Waals surface area contributed by atoms with Gasteiger partial charge in [0.05, 0.1) is 161 Å². The van der Waals surface area contributed by atoms with Crippen molar-refractivity contribution in [2.75, 3.05) is 151 Å². The molecule has 0 radical (unpaired) electrons. The summed E-state index contributed by atoms with van der Waals surface area (Å²) < 4.78 is 85.0. The van der Waals surface area contributed by atoms with Crippen molar-refractivity contribution < 1.29 is 110 Å². The first kappa shape index (κ1) is 102. The van der Waals surface area contributed by atoms with Gasteiger partial charge in [-0.1, -0.05) is 80.6 Å². The Hall–Kier alpha value is -9.06. The second kappa shape index (κ2) is 52.6. The van der Waals surface area contributed by atoms with Gasteiger partial charge in [-0.2, -0.15) is 10.1 Å². The molecule has 5 aliphatic rings. The number of esters is 1. The summed E-state index contributed by atoms with van der Waals surface area (Å²) in [7, 11) is 3.20. The number of hydrogen-bond acceptors (Lipinski definition) is 32. The minimum atomic E-state index is -2.45. The molecule has 1 saturated carbocycles. The minimum Gasteiger partial charge on any atom is -0.459 e. The number of aromatic nitrogens is 8. The number of hydrogen-bond donors (Lipinski definition) is 6. The predicted octanol–water partition coefficient (Wildman–Crippen LogP) is 7.88. The summed E-state index contributed by atoms with van der Waals surface area (Å²) in [5.41, 5.74) is 27.7. The highest BCUT2D eigenvalue weighted by Crippen LogP contribution is 2.38. The van der Waals surface area contributed by atoms with Crippen LogP contribution in [0.2, 0.25) is 0 Å². The standard InChI is InChI=1S/C95H137N13O23/c1-62-16-9-8-10-17-63(2)80(118-6)56-73-19-15-29-95(117,131-73)89(114)92(115)107-30-13-11-20-76(107)93(116)129-81(57-77(109)64(3)51-66(5)87(112)88(113)86(111)65(4)50-62)74(96)53-67-22-25-79(82(54-67)119-7)128-33-14-12-18-72-60-106(104-102-72)32-35-121-37-39-123-41-43-125-45-47-127-49-48-126-46-44-124-42-40-122-38-36-120-34-28-83(110)105-31-27-69-52-68(21-23-71(69)59-105)58-108-91-84(90(97)99-61-100-91)85(103-108)70-24-26-78-75(55-70)101-94(98)130-78/h8-10,16-17,21,23-24,26,51-52,55,60-62,64-65,67,73-74,76,79-82,87-88,112-113,117H,11-15,18-20,22,25,27-50,53-54,56-59,96H2,1-7H3,(H2,98,101)(H2,97,99,100)/b10-8+,16-9+,63-17+,66-51+/t62-,64-,65-,67+,73+,74-,76+,79-,80+,81+,82-,87-,88+,95-/m1/s1. The van der Waals surface area contributed by atoms with Gasteiger partial charge in [0.15, 0.2) is 17.0 Å². The molecule has 2 saturated heterocycles. The third kappa shape index (κ3) is 30.7. The number of carbonyl (C=O) groups excluding carboxylic acids is 6. The van der Waals surface area contributed by atoms with Crippen molar-refractivity contribution >= 4 is 69.1 Å². The van der Waals surface area contributed by atoms with E-state index in [0.717, 1.165) is 52.1 Å². The average Bonchev–Trinajstić information content (AvgIpc) is 1.66.